The van der Waals surface area contributed by atoms with Crippen LogP contribution in [0.4, 0.5) is 9.59 Å². The van der Waals surface area contributed by atoms with Gasteiger partial charge in [-0.2, -0.15) is 0 Å². The van der Waals surface area contributed by atoms with Gasteiger partial charge in [-0.25, -0.2) is 0 Å². The summed E-state index contributed by atoms with van der Waals surface area (Å²) in [7, 11) is 8.15. The quantitative estimate of drug-likeness (QED) is 0.0246. The van der Waals surface area contributed by atoms with E-state index >= 15 is 0 Å². The highest BCUT2D eigenvalue weighted by Crippen LogP contribution is 2.24. The molecule has 2 atom stereocenters. The number of carbonyl (C=O) groups excluding carboxylic acids is 6. The second-order valence-corrected chi connectivity index (χ2v) is 32.1. The van der Waals surface area contributed by atoms with E-state index in [1.165, 1.54) is 210 Å². The first-order valence-electron chi connectivity index (χ1n) is 42.7. The van der Waals surface area contributed by atoms with Crippen LogP contribution in [-0.2, 0) is 38.1 Å². The third-order valence-electron chi connectivity index (χ3n) is 19.4. The molecule has 0 aliphatic rings. The Morgan fingerprint density at radius 2 is 0.574 bits per heavy atom. The summed E-state index contributed by atoms with van der Waals surface area (Å²) >= 11 is 2.73. The number of amides is 2. The molecule has 2 amide bonds. The van der Waals surface area contributed by atoms with E-state index in [0.717, 1.165) is 159 Å². The van der Waals surface area contributed by atoms with Crippen molar-refractivity contribution < 1.29 is 47.7 Å². The van der Waals surface area contributed by atoms with Crippen LogP contribution >= 0.6 is 23.5 Å². The molecule has 0 aromatic carbocycles. The third kappa shape index (κ3) is 68.7. The molecule has 0 aliphatic heterocycles. The summed E-state index contributed by atoms with van der Waals surface area (Å²) in [6.45, 7) is 15.6. The SMILES string of the molecule is CCCCCC/C=C\COC(=O)CCCCCN(CCCCCC(=O)OC(CCCCCCC)CCCCCCCCCCCCCCC(CCCCCCC)OC(=O)CCCN(CCCC(=O)OC(CCCCCCC)CCCCCCC)C(=O)SCCCN(C)C)C(=O)SCCN(C)C. The van der Waals surface area contributed by atoms with Gasteiger partial charge in [0.2, 0.25) is 0 Å². The summed E-state index contributed by atoms with van der Waals surface area (Å²) in [5.41, 5.74) is 0. The van der Waals surface area contributed by atoms with Crippen LogP contribution in [-0.4, -0.2) is 158 Å². The highest BCUT2D eigenvalue weighted by atomic mass is 32.2. The first-order valence-corrected chi connectivity index (χ1v) is 44.7. The van der Waals surface area contributed by atoms with E-state index in [9.17, 15) is 28.8 Å². The van der Waals surface area contributed by atoms with E-state index in [1.807, 2.05) is 44.1 Å². The first kappa shape index (κ1) is 98.2. The van der Waals surface area contributed by atoms with E-state index in [1.54, 1.807) is 0 Å². The molecule has 594 valence electrons. The molecule has 0 heterocycles. The molecule has 2 unspecified atom stereocenters. The molecular formula is C85H162N4O10S2. The Labute approximate surface area is 631 Å². The van der Waals surface area contributed by atoms with Crippen molar-refractivity contribution in [1.29, 1.82) is 0 Å². The Kier molecular flexibility index (Phi) is 73.3. The largest absolute Gasteiger partial charge is 0.462 e. The van der Waals surface area contributed by atoms with Crippen molar-refractivity contribution in [3.05, 3.63) is 12.2 Å². The number of unbranched alkanes of at least 4 members (excludes halogenated alkanes) is 35. The maximum absolute atomic E-state index is 13.6. The molecule has 14 nitrogen and oxygen atoms in total. The number of carbonyl (C=O) groups is 6. The molecule has 101 heavy (non-hydrogen) atoms. The summed E-state index contributed by atoms with van der Waals surface area (Å²) in [4.78, 5) is 87.2. The highest BCUT2D eigenvalue weighted by molar-refractivity contribution is 8.13. The van der Waals surface area contributed by atoms with Crippen LogP contribution in [0.15, 0.2) is 12.2 Å². The monoisotopic (exact) mass is 1460 g/mol. The second kappa shape index (κ2) is 75.4. The minimum absolute atomic E-state index is 0.000326. The lowest BCUT2D eigenvalue weighted by Gasteiger charge is -2.23. The van der Waals surface area contributed by atoms with Gasteiger partial charge in [0.1, 0.15) is 24.9 Å². The Balaban J connectivity index is 4.96. The number of esters is 4. The number of hydrogen-bond acceptors (Lipinski definition) is 14. The van der Waals surface area contributed by atoms with Crippen LogP contribution < -0.4 is 0 Å². The number of hydrogen-bond donors (Lipinski definition) is 0. The second-order valence-electron chi connectivity index (χ2n) is 30.0. The van der Waals surface area contributed by atoms with E-state index < -0.39 is 0 Å². The number of rotatable bonds is 76. The predicted molar refractivity (Wildman–Crippen MR) is 433 cm³/mol. The van der Waals surface area contributed by atoms with Crippen molar-refractivity contribution in [3.63, 3.8) is 0 Å². The summed E-state index contributed by atoms with van der Waals surface area (Å²) in [5, 5.41) is 0.139. The minimum atomic E-state index is -0.157. The fourth-order valence-corrected chi connectivity index (χ4v) is 14.8. The van der Waals surface area contributed by atoms with E-state index in [2.05, 4.69) is 50.5 Å². The fraction of sp³-hybridized carbons (Fsp3) is 0.906. The Bertz CT molecular complexity index is 1920. The van der Waals surface area contributed by atoms with Crippen LogP contribution in [0.3, 0.4) is 0 Å². The van der Waals surface area contributed by atoms with Crippen molar-refractivity contribution >= 4 is 57.9 Å². The molecule has 0 aromatic heterocycles. The molecule has 0 N–H and O–H groups in total. The maximum Gasteiger partial charge on any atom is 0.306 e. The maximum atomic E-state index is 13.6. The Hall–Kier alpha value is -2.82. The summed E-state index contributed by atoms with van der Waals surface area (Å²) in [6.07, 6.45) is 62.5. The summed E-state index contributed by atoms with van der Waals surface area (Å²) in [5.74, 6) is 0.945. The van der Waals surface area contributed by atoms with Gasteiger partial charge in [-0.05, 0) is 170 Å². The lowest BCUT2D eigenvalue weighted by atomic mass is 10.0. The number of ether oxygens (including phenoxy) is 4. The van der Waals surface area contributed by atoms with Gasteiger partial charge in [0.15, 0.2) is 0 Å². The Morgan fingerprint density at radius 3 is 0.921 bits per heavy atom. The number of nitrogens with zero attached hydrogens (tertiary/aromatic N) is 4. The zero-order valence-corrected chi connectivity index (χ0v) is 69.2. The topological polar surface area (TPSA) is 152 Å². The van der Waals surface area contributed by atoms with Gasteiger partial charge < -0.3 is 38.5 Å². The van der Waals surface area contributed by atoms with E-state index in [0.29, 0.717) is 64.9 Å². The van der Waals surface area contributed by atoms with Gasteiger partial charge in [-0.15, -0.1) is 0 Å². The number of thioether (sulfide) groups is 2. The van der Waals surface area contributed by atoms with Crippen LogP contribution in [0.2, 0.25) is 0 Å². The molecule has 0 rings (SSSR count). The van der Waals surface area contributed by atoms with E-state index in [-0.39, 0.29) is 59.1 Å². The van der Waals surface area contributed by atoms with Crippen LogP contribution in [0, 0.1) is 0 Å². The van der Waals surface area contributed by atoms with Crippen LogP contribution in [0.5, 0.6) is 0 Å². The zero-order valence-electron chi connectivity index (χ0n) is 67.5. The van der Waals surface area contributed by atoms with Gasteiger partial charge in [-0.1, -0.05) is 269 Å². The number of allylic oxidation sites excluding steroid dienone is 1. The van der Waals surface area contributed by atoms with E-state index in [4.69, 9.17) is 18.9 Å². The lowest BCUT2D eigenvalue weighted by molar-refractivity contribution is -0.151. The predicted octanol–water partition coefficient (Wildman–Crippen LogP) is 24.2. The fourth-order valence-electron chi connectivity index (χ4n) is 13.0. The van der Waals surface area contributed by atoms with Gasteiger partial charge >= 0.3 is 23.9 Å². The van der Waals surface area contributed by atoms with Crippen molar-refractivity contribution in [2.45, 2.75) is 412 Å². The van der Waals surface area contributed by atoms with Crippen molar-refractivity contribution in [3.8, 4) is 0 Å². The molecule has 0 saturated heterocycles. The lowest BCUT2D eigenvalue weighted by Crippen LogP contribution is -2.31. The average molecular weight is 1460 g/mol. The van der Waals surface area contributed by atoms with Gasteiger partial charge in [0, 0.05) is 69.9 Å². The highest BCUT2D eigenvalue weighted by Gasteiger charge is 2.21. The average Bonchev–Trinajstić information content (AvgIpc) is 2.31. The molecule has 0 aliphatic carbocycles. The zero-order chi connectivity index (χ0) is 74.1. The summed E-state index contributed by atoms with van der Waals surface area (Å²) in [6, 6.07) is 0. The molecule has 16 heteroatoms. The molecular weight excluding hydrogens is 1300 g/mol. The molecule has 0 aromatic rings. The van der Waals surface area contributed by atoms with Crippen molar-refractivity contribution in [1.82, 2.24) is 19.6 Å². The molecule has 0 radical (unpaired) electrons. The van der Waals surface area contributed by atoms with Crippen molar-refractivity contribution in [2.24, 2.45) is 0 Å². The normalized spacial score (nSPS) is 12.3. The molecule has 0 fully saturated rings. The van der Waals surface area contributed by atoms with Crippen molar-refractivity contribution in [2.75, 3.05) is 85.6 Å². The molecule has 0 spiro atoms. The summed E-state index contributed by atoms with van der Waals surface area (Å²) < 4.78 is 23.9. The minimum Gasteiger partial charge on any atom is -0.462 e. The molecule has 0 bridgehead atoms. The third-order valence-corrected chi connectivity index (χ3v) is 21.3. The Morgan fingerprint density at radius 1 is 0.287 bits per heavy atom. The smallest absolute Gasteiger partial charge is 0.306 e. The van der Waals surface area contributed by atoms with Crippen LogP contribution in [0.1, 0.15) is 394 Å². The van der Waals surface area contributed by atoms with Crippen LogP contribution in [0.25, 0.3) is 0 Å². The van der Waals surface area contributed by atoms with Gasteiger partial charge in [0.25, 0.3) is 10.5 Å². The van der Waals surface area contributed by atoms with Gasteiger partial charge in [-0.3, -0.25) is 28.8 Å². The van der Waals surface area contributed by atoms with Gasteiger partial charge in [0.05, 0.1) is 0 Å². The molecule has 0 saturated carbocycles. The first-order chi connectivity index (χ1) is 49.2. The standard InChI is InChI=1S/C85H162N4O10S2/c1-10-15-20-25-34-41-54-74-96-80(90)64-50-42-52-69-88(85(95)101-76-73-87(8)9)70-53-43-51-65-81(91)97-77(58-44-35-21-16-11-2)62-48-39-32-30-28-26-27-29-31-33-40-49-63-79(61-47-38-24-19-14-5)99-83(93)67-56-72-89(84(94)100-75-57-68-86(6)7)71-55-66-82(92)98-78(59-45-36-22-17-12-3)60-46-37-23-18-13-4/h41,54,77-79H,10-40,42-53,55-76H2,1-9H3/b54-41-.